The van der Waals surface area contributed by atoms with Crippen molar-refractivity contribution in [2.24, 2.45) is 0 Å². The lowest BCUT2D eigenvalue weighted by molar-refractivity contribution is 0.112. The highest BCUT2D eigenvalue weighted by atomic mass is 16.1. The predicted octanol–water partition coefficient (Wildman–Crippen LogP) is -0.268. The van der Waals surface area contributed by atoms with Gasteiger partial charge in [-0.15, -0.1) is 0 Å². The molecule has 6 nitrogen and oxygen atoms in total. The second kappa shape index (κ2) is 3.16. The molecule has 2 heterocycles. The van der Waals surface area contributed by atoms with Gasteiger partial charge >= 0.3 is 0 Å². The van der Waals surface area contributed by atoms with E-state index in [-0.39, 0.29) is 22.2 Å². The second-order valence-electron chi connectivity index (χ2n) is 3.07. The van der Waals surface area contributed by atoms with E-state index in [1.807, 2.05) is 0 Å². The van der Waals surface area contributed by atoms with Crippen LogP contribution in [0.1, 0.15) is 15.9 Å². The number of nitrogens with zero attached hydrogens (tertiary/aromatic N) is 1. The van der Waals surface area contributed by atoms with Gasteiger partial charge in [0.05, 0.1) is 11.7 Å². The van der Waals surface area contributed by atoms with Gasteiger partial charge in [0, 0.05) is 11.1 Å². The topological polar surface area (TPSA) is 95.7 Å². The van der Waals surface area contributed by atoms with Crippen LogP contribution < -0.4 is 11.1 Å². The number of pyridine rings is 1. The summed E-state index contributed by atoms with van der Waals surface area (Å²) in [5.41, 5.74) is -0.431. The van der Waals surface area contributed by atoms with E-state index >= 15 is 0 Å². The van der Waals surface area contributed by atoms with Crippen LogP contribution in [0.3, 0.4) is 0 Å². The fourth-order valence-corrected chi connectivity index (χ4v) is 1.40. The maximum Gasteiger partial charge on any atom is 0.260 e. The number of carbonyl (C=O) groups excluding carboxylic acids is 1. The quantitative estimate of drug-likeness (QED) is 0.626. The van der Waals surface area contributed by atoms with Crippen molar-refractivity contribution >= 4 is 17.3 Å². The molecule has 0 amide bonds. The first kappa shape index (κ1) is 9.32. The normalized spacial score (nSPS) is 10.5. The van der Waals surface area contributed by atoms with Crippen molar-refractivity contribution in [3.63, 3.8) is 0 Å². The van der Waals surface area contributed by atoms with Crippen LogP contribution in [0.4, 0.5) is 0 Å². The molecule has 0 unspecified atom stereocenters. The molecule has 0 saturated heterocycles. The predicted molar refractivity (Wildman–Crippen MR) is 53.1 cm³/mol. The molecule has 0 aliphatic carbocycles. The smallest absolute Gasteiger partial charge is 0.260 e. The third-order valence-electron chi connectivity index (χ3n) is 2.22. The Bertz CT molecular complexity index is 654. The van der Waals surface area contributed by atoms with E-state index in [4.69, 9.17) is 0 Å². The summed E-state index contributed by atoms with van der Waals surface area (Å²) in [6, 6.07) is 0. The van der Waals surface area contributed by atoms with Crippen LogP contribution >= 0.6 is 0 Å². The van der Waals surface area contributed by atoms with Crippen molar-refractivity contribution in [1.29, 1.82) is 0 Å². The molecule has 0 aliphatic heterocycles. The van der Waals surface area contributed by atoms with E-state index in [2.05, 4.69) is 15.0 Å². The van der Waals surface area contributed by atoms with Gasteiger partial charge in [0.2, 0.25) is 0 Å². The fourth-order valence-electron chi connectivity index (χ4n) is 1.40. The Morgan fingerprint density at radius 1 is 1.33 bits per heavy atom. The lowest BCUT2D eigenvalue weighted by Crippen LogP contribution is -2.19. The molecule has 0 saturated carbocycles. The first-order valence-electron chi connectivity index (χ1n) is 4.20. The molecule has 0 radical (unpaired) electrons. The number of nitrogens with one attached hydrogen (secondary N) is 2. The van der Waals surface area contributed by atoms with Crippen LogP contribution in [0.5, 0.6) is 0 Å². The highest BCUT2D eigenvalue weighted by molar-refractivity contribution is 5.95. The van der Waals surface area contributed by atoms with Crippen LogP contribution in [0.2, 0.25) is 0 Å². The Morgan fingerprint density at radius 2 is 2.07 bits per heavy atom. The summed E-state index contributed by atoms with van der Waals surface area (Å²) < 4.78 is 0. The van der Waals surface area contributed by atoms with Gasteiger partial charge in [0.15, 0.2) is 6.29 Å². The zero-order chi connectivity index (χ0) is 11.0. The number of aromatic amines is 2. The summed E-state index contributed by atoms with van der Waals surface area (Å²) in [5, 5.41) is 0.115. The molecule has 0 spiro atoms. The summed E-state index contributed by atoms with van der Waals surface area (Å²) in [5.74, 6) is 0. The fraction of sp³-hybridized carbons (Fsp3) is 0.111. The van der Waals surface area contributed by atoms with Crippen LogP contribution in [0.15, 0.2) is 15.9 Å². The molecule has 76 valence electrons. The number of aromatic nitrogens is 3. The summed E-state index contributed by atoms with van der Waals surface area (Å²) in [6.07, 6.45) is 1.66. The van der Waals surface area contributed by atoms with E-state index in [0.29, 0.717) is 6.29 Å². The number of fused-ring (bicyclic) bond motifs is 1. The maximum atomic E-state index is 11.4. The summed E-state index contributed by atoms with van der Waals surface area (Å²) >= 11 is 0. The Morgan fingerprint density at radius 3 is 2.73 bits per heavy atom. The number of rotatable bonds is 1. The van der Waals surface area contributed by atoms with Crippen LogP contribution in [-0.2, 0) is 0 Å². The molecule has 0 aromatic carbocycles. The first-order valence-corrected chi connectivity index (χ1v) is 4.20. The average molecular weight is 205 g/mol. The minimum absolute atomic E-state index is 0.0862. The van der Waals surface area contributed by atoms with Crippen molar-refractivity contribution in [3.8, 4) is 0 Å². The molecular weight excluding hydrogens is 198 g/mol. The number of hydrogen-bond donors (Lipinski definition) is 2. The van der Waals surface area contributed by atoms with Gasteiger partial charge in [-0.05, 0) is 6.92 Å². The molecule has 6 heteroatoms. The number of hydrogen-bond acceptors (Lipinski definition) is 4. The minimum Gasteiger partial charge on any atom is -0.312 e. The van der Waals surface area contributed by atoms with E-state index in [0.717, 1.165) is 0 Å². The molecule has 0 aliphatic rings. The molecule has 2 rings (SSSR count). The third-order valence-corrected chi connectivity index (χ3v) is 2.22. The molecule has 2 aromatic heterocycles. The van der Waals surface area contributed by atoms with Gasteiger partial charge in [-0.25, -0.2) is 4.98 Å². The SMILES string of the molecule is Cc1c(C=O)c2c(=O)[nH]cnc2[nH]c1=O. The Hall–Kier alpha value is -2.24. The maximum absolute atomic E-state index is 11.4. The Balaban J connectivity index is 3.17. The largest absolute Gasteiger partial charge is 0.312 e. The van der Waals surface area contributed by atoms with E-state index in [9.17, 15) is 14.4 Å². The van der Waals surface area contributed by atoms with Gasteiger partial charge in [-0.2, -0.15) is 0 Å². The zero-order valence-corrected chi connectivity index (χ0v) is 7.83. The van der Waals surface area contributed by atoms with Crippen molar-refractivity contribution in [3.05, 3.63) is 38.2 Å². The van der Waals surface area contributed by atoms with Crippen molar-refractivity contribution in [1.82, 2.24) is 15.0 Å². The molecule has 2 aromatic rings. The molecule has 0 fully saturated rings. The summed E-state index contributed by atoms with van der Waals surface area (Å²) in [6.45, 7) is 1.48. The second-order valence-corrected chi connectivity index (χ2v) is 3.07. The van der Waals surface area contributed by atoms with Gasteiger partial charge in [-0.3, -0.25) is 14.4 Å². The van der Waals surface area contributed by atoms with Crippen molar-refractivity contribution in [2.75, 3.05) is 0 Å². The van der Waals surface area contributed by atoms with Crippen LogP contribution in [0, 0.1) is 6.92 Å². The summed E-state index contributed by atoms with van der Waals surface area (Å²) in [4.78, 5) is 42.2. The highest BCUT2D eigenvalue weighted by Crippen LogP contribution is 2.08. The van der Waals surface area contributed by atoms with E-state index in [1.54, 1.807) is 0 Å². The van der Waals surface area contributed by atoms with Gasteiger partial charge in [0.1, 0.15) is 5.65 Å². The van der Waals surface area contributed by atoms with Crippen LogP contribution in [0.25, 0.3) is 11.0 Å². The number of H-pyrrole nitrogens is 2. The molecule has 0 atom stereocenters. The lowest BCUT2D eigenvalue weighted by atomic mass is 10.1. The zero-order valence-electron chi connectivity index (χ0n) is 7.83. The highest BCUT2D eigenvalue weighted by Gasteiger charge is 2.11. The minimum atomic E-state index is -0.443. The van der Waals surface area contributed by atoms with Gasteiger partial charge in [-0.1, -0.05) is 0 Å². The first-order chi connectivity index (χ1) is 7.15. The van der Waals surface area contributed by atoms with Crippen molar-refractivity contribution in [2.45, 2.75) is 6.92 Å². The summed E-state index contributed by atoms with van der Waals surface area (Å²) in [7, 11) is 0. The van der Waals surface area contributed by atoms with Gasteiger partial charge < -0.3 is 9.97 Å². The van der Waals surface area contributed by atoms with Gasteiger partial charge in [0.25, 0.3) is 11.1 Å². The standard InChI is InChI=1S/C9H7N3O3/c1-4-5(2-13)6-7(12-8(4)14)10-3-11-9(6)15/h2-3H,1H3,(H2,10,11,12,14,15). The molecule has 15 heavy (non-hydrogen) atoms. The Labute approximate surface area is 83.0 Å². The molecule has 0 bridgehead atoms. The lowest BCUT2D eigenvalue weighted by Gasteiger charge is -2.01. The number of aldehydes is 1. The number of carbonyl (C=O) groups is 1. The monoisotopic (exact) mass is 205 g/mol. The molecular formula is C9H7N3O3. The van der Waals surface area contributed by atoms with Crippen LogP contribution in [-0.4, -0.2) is 21.2 Å². The third kappa shape index (κ3) is 1.26. The average Bonchev–Trinajstić information content (AvgIpc) is 2.21. The van der Waals surface area contributed by atoms with E-state index < -0.39 is 11.1 Å². The molecule has 2 N–H and O–H groups in total. The van der Waals surface area contributed by atoms with Crippen molar-refractivity contribution < 1.29 is 4.79 Å². The Kier molecular flexibility index (Phi) is 1.96. The van der Waals surface area contributed by atoms with E-state index in [1.165, 1.54) is 13.3 Å².